The third-order valence-corrected chi connectivity index (χ3v) is 8.52. The number of aryl methyl sites for hydroxylation is 1. The van der Waals surface area contributed by atoms with Crippen molar-refractivity contribution in [2.45, 2.75) is 6.92 Å². The van der Waals surface area contributed by atoms with Crippen molar-refractivity contribution >= 4 is 32.7 Å². The number of benzene rings is 7. The molecule has 0 saturated carbocycles. The van der Waals surface area contributed by atoms with Crippen molar-refractivity contribution in [3.05, 3.63) is 163 Å². The number of aromatic nitrogens is 3. The minimum Gasteiger partial charge on any atom is -0.456 e. The van der Waals surface area contributed by atoms with Gasteiger partial charge in [-0.25, -0.2) is 15.0 Å². The maximum atomic E-state index is 8.80. The van der Waals surface area contributed by atoms with Crippen LogP contribution in [0.25, 0.3) is 89.1 Å². The lowest BCUT2D eigenvalue weighted by Crippen LogP contribution is -2.00. The maximum absolute atomic E-state index is 8.80. The lowest BCUT2D eigenvalue weighted by molar-refractivity contribution is 0.669. The zero-order valence-corrected chi connectivity index (χ0v) is 25.7. The summed E-state index contributed by atoms with van der Waals surface area (Å²) in [5, 5.41) is 1.76. The Morgan fingerprint density at radius 3 is 1.92 bits per heavy atom. The van der Waals surface area contributed by atoms with E-state index in [9.17, 15) is 0 Å². The first-order valence-corrected chi connectivity index (χ1v) is 15.5. The van der Waals surface area contributed by atoms with E-state index in [1.54, 1.807) is 24.3 Å². The average Bonchev–Trinajstić information content (AvgIpc) is 3.60. The van der Waals surface area contributed by atoms with Gasteiger partial charge in [-0.1, -0.05) is 151 Å². The van der Waals surface area contributed by atoms with Crippen molar-refractivity contribution in [1.82, 2.24) is 15.0 Å². The van der Waals surface area contributed by atoms with E-state index in [-0.39, 0.29) is 28.4 Å². The Bertz CT molecular complexity index is 3010. The number of hydrogen-bond acceptors (Lipinski definition) is 4. The molecule has 7 aromatic carbocycles. The third-order valence-electron chi connectivity index (χ3n) is 8.52. The van der Waals surface area contributed by atoms with E-state index in [1.807, 2.05) is 72.8 Å². The highest BCUT2D eigenvalue weighted by Crippen LogP contribution is 2.37. The Morgan fingerprint density at radius 1 is 0.479 bits per heavy atom. The van der Waals surface area contributed by atoms with Crippen molar-refractivity contribution in [3.63, 3.8) is 0 Å². The van der Waals surface area contributed by atoms with Gasteiger partial charge in [0.1, 0.15) is 11.2 Å². The van der Waals surface area contributed by atoms with Crippen LogP contribution in [0.3, 0.4) is 0 Å². The molecule has 226 valence electrons. The van der Waals surface area contributed by atoms with Crippen LogP contribution in [0.4, 0.5) is 0 Å². The van der Waals surface area contributed by atoms with Crippen LogP contribution in [0.5, 0.6) is 0 Å². The SMILES string of the molecule is [2H]c1c([2H])c([2H])c2c(-c3ccc(-c4nc(-c5ccc(-c6cccc(C)c6)cc5)nc(-c5cccc6oc7ccccc7c56)n4)cc3)c([2H])c([2H])c([2H])c2c1[2H]. The summed E-state index contributed by atoms with van der Waals surface area (Å²) < 4.78 is 65.6. The lowest BCUT2D eigenvalue weighted by Gasteiger charge is -2.11. The van der Waals surface area contributed by atoms with E-state index >= 15 is 0 Å². The van der Waals surface area contributed by atoms with E-state index in [2.05, 4.69) is 25.1 Å². The quantitative estimate of drug-likeness (QED) is 0.192. The zero-order chi connectivity index (χ0) is 38.1. The Labute approximate surface area is 287 Å². The molecule has 0 unspecified atom stereocenters. The van der Waals surface area contributed by atoms with E-state index in [0.717, 1.165) is 38.6 Å². The number of nitrogens with zero attached hydrogens (tertiary/aromatic N) is 3. The molecular weight excluding hydrogens is 587 g/mol. The molecule has 0 aliphatic heterocycles. The highest BCUT2D eigenvalue weighted by atomic mass is 16.3. The molecule has 0 amide bonds. The molecule has 2 heterocycles. The van der Waals surface area contributed by atoms with Gasteiger partial charge in [-0.05, 0) is 52.1 Å². The third kappa shape index (κ3) is 4.91. The van der Waals surface area contributed by atoms with E-state index in [4.69, 9.17) is 29.0 Å². The summed E-state index contributed by atoms with van der Waals surface area (Å²) in [5.41, 5.74) is 7.61. The minimum atomic E-state index is -0.491. The molecule has 0 aliphatic rings. The van der Waals surface area contributed by atoms with Crippen LogP contribution in [-0.4, -0.2) is 15.0 Å². The molecule has 0 atom stereocenters. The van der Waals surface area contributed by atoms with Crippen molar-refractivity contribution in [3.8, 4) is 56.4 Å². The summed E-state index contributed by atoms with van der Waals surface area (Å²) in [6.07, 6.45) is 0. The highest BCUT2D eigenvalue weighted by molar-refractivity contribution is 6.11. The van der Waals surface area contributed by atoms with Crippen LogP contribution < -0.4 is 0 Å². The molecule has 0 aliphatic carbocycles. The number of furan rings is 1. The summed E-state index contributed by atoms with van der Waals surface area (Å²) in [6.45, 7) is 2.07. The fourth-order valence-electron chi connectivity index (χ4n) is 6.17. The normalized spacial score (nSPS) is 13.5. The van der Waals surface area contributed by atoms with E-state index in [0.29, 0.717) is 34.2 Å². The molecule has 9 aromatic rings. The predicted molar refractivity (Wildman–Crippen MR) is 197 cm³/mol. The second kappa shape index (κ2) is 11.4. The first kappa shape index (κ1) is 21.4. The summed E-state index contributed by atoms with van der Waals surface area (Å²) >= 11 is 0. The molecule has 2 aromatic heterocycles. The summed E-state index contributed by atoms with van der Waals surface area (Å²) in [6, 6.07) is 34.2. The first-order valence-electron chi connectivity index (χ1n) is 19.0. The molecule has 0 fully saturated rings. The number of para-hydroxylation sites is 1. The Kier molecular flexibility index (Phi) is 5.11. The van der Waals surface area contributed by atoms with Crippen molar-refractivity contribution in [1.29, 1.82) is 0 Å². The maximum Gasteiger partial charge on any atom is 0.164 e. The van der Waals surface area contributed by atoms with Crippen LogP contribution in [0, 0.1) is 6.92 Å². The molecule has 0 bridgehead atoms. The number of rotatable bonds is 5. The number of hydrogen-bond donors (Lipinski definition) is 0. The van der Waals surface area contributed by atoms with Gasteiger partial charge in [0.15, 0.2) is 17.5 Å². The Balaban J connectivity index is 1.22. The highest BCUT2D eigenvalue weighted by Gasteiger charge is 2.18. The predicted octanol–water partition coefficient (Wildman–Crippen LogP) is 11.6. The smallest absolute Gasteiger partial charge is 0.164 e. The van der Waals surface area contributed by atoms with Gasteiger partial charge in [0.2, 0.25) is 0 Å². The Morgan fingerprint density at radius 2 is 1.12 bits per heavy atom. The van der Waals surface area contributed by atoms with Gasteiger partial charge in [0.05, 0.1) is 9.60 Å². The summed E-state index contributed by atoms with van der Waals surface area (Å²) in [7, 11) is 0. The molecule has 4 heteroatoms. The fourth-order valence-corrected chi connectivity index (χ4v) is 6.17. The van der Waals surface area contributed by atoms with Gasteiger partial charge in [0.25, 0.3) is 0 Å². The minimum absolute atomic E-state index is 0.0315. The fraction of sp³-hybridized carbons (Fsp3) is 0.0227. The van der Waals surface area contributed by atoms with Crippen LogP contribution >= 0.6 is 0 Å². The standard InChI is InChI=1S/C44H29N3O/c1-28-9-6-12-34(27-28)29-19-23-32(24-20-29)42-45-43(33-25-21-31(22-26-33)36-15-7-11-30-10-2-3-13-35(30)36)47-44(46-42)38-16-8-18-40-41(38)37-14-4-5-17-39(37)48-40/h2-27H,1H3/i2D,3D,7D,10D,11D,13D,15D. The van der Waals surface area contributed by atoms with Crippen LogP contribution in [-0.2, 0) is 0 Å². The van der Waals surface area contributed by atoms with Crippen molar-refractivity contribution < 1.29 is 14.0 Å². The van der Waals surface area contributed by atoms with Crippen LogP contribution in [0.2, 0.25) is 0 Å². The molecule has 9 rings (SSSR count). The van der Waals surface area contributed by atoms with Gasteiger partial charge in [-0.3, -0.25) is 0 Å². The van der Waals surface area contributed by atoms with Gasteiger partial charge in [0, 0.05) is 27.5 Å². The monoisotopic (exact) mass is 622 g/mol. The zero-order valence-electron chi connectivity index (χ0n) is 32.7. The Hall–Kier alpha value is -6.39. The molecule has 48 heavy (non-hydrogen) atoms. The molecular formula is C44H29N3O. The van der Waals surface area contributed by atoms with Gasteiger partial charge in [-0.15, -0.1) is 0 Å². The average molecular weight is 623 g/mol. The van der Waals surface area contributed by atoms with Crippen molar-refractivity contribution in [2.75, 3.05) is 0 Å². The topological polar surface area (TPSA) is 51.8 Å². The van der Waals surface area contributed by atoms with E-state index < -0.39 is 30.2 Å². The van der Waals surface area contributed by atoms with Crippen LogP contribution in [0.15, 0.2) is 162 Å². The summed E-state index contributed by atoms with van der Waals surface area (Å²) in [4.78, 5) is 15.0. The molecule has 0 radical (unpaired) electrons. The van der Waals surface area contributed by atoms with Gasteiger partial charge < -0.3 is 4.42 Å². The van der Waals surface area contributed by atoms with Crippen molar-refractivity contribution in [2.24, 2.45) is 0 Å². The second-order valence-electron chi connectivity index (χ2n) is 11.6. The van der Waals surface area contributed by atoms with Gasteiger partial charge in [-0.2, -0.15) is 0 Å². The molecule has 0 spiro atoms. The van der Waals surface area contributed by atoms with Crippen LogP contribution in [0.1, 0.15) is 15.2 Å². The largest absolute Gasteiger partial charge is 0.456 e. The lowest BCUT2D eigenvalue weighted by atomic mass is 9.97. The van der Waals surface area contributed by atoms with Gasteiger partial charge >= 0.3 is 0 Å². The first-order chi connectivity index (χ1) is 26.6. The molecule has 0 N–H and O–H groups in total. The second-order valence-corrected chi connectivity index (χ2v) is 11.6. The number of fused-ring (bicyclic) bond motifs is 4. The summed E-state index contributed by atoms with van der Waals surface area (Å²) in [5.74, 6) is 1.30. The molecule has 0 saturated heterocycles. The molecule has 4 nitrogen and oxygen atoms in total. The van der Waals surface area contributed by atoms with E-state index in [1.165, 1.54) is 5.56 Å².